The summed E-state index contributed by atoms with van der Waals surface area (Å²) in [5.74, 6) is -0.194. The number of benzene rings is 2. The monoisotopic (exact) mass is 602 g/mol. The van der Waals surface area contributed by atoms with Crippen molar-refractivity contribution >= 4 is 23.0 Å². The van der Waals surface area contributed by atoms with Gasteiger partial charge in [0.15, 0.2) is 0 Å². The van der Waals surface area contributed by atoms with Gasteiger partial charge in [0.2, 0.25) is 0 Å². The molecule has 4 rings (SSSR count). The van der Waals surface area contributed by atoms with E-state index in [1.54, 1.807) is 18.7 Å². The van der Waals surface area contributed by atoms with E-state index in [0.29, 0.717) is 57.5 Å². The van der Waals surface area contributed by atoms with Crippen LogP contribution in [0.25, 0.3) is 0 Å². The summed E-state index contributed by atoms with van der Waals surface area (Å²) in [7, 11) is 0. The van der Waals surface area contributed by atoms with E-state index < -0.39 is 39.7 Å². The van der Waals surface area contributed by atoms with Crippen molar-refractivity contribution in [3.05, 3.63) is 63.7 Å². The fourth-order valence-electron chi connectivity index (χ4n) is 5.45. The number of carbonyl (C=O) groups is 1. The second-order valence-electron chi connectivity index (χ2n) is 11.1. The molecule has 1 aliphatic carbocycles. The second-order valence-corrected chi connectivity index (χ2v) is 11.1. The predicted molar refractivity (Wildman–Crippen MR) is 143 cm³/mol. The van der Waals surface area contributed by atoms with Crippen molar-refractivity contribution in [1.29, 1.82) is 0 Å². The first-order chi connectivity index (χ1) is 19.5. The van der Waals surface area contributed by atoms with Crippen LogP contribution in [0.1, 0.15) is 50.7 Å². The zero-order valence-electron chi connectivity index (χ0n) is 23.1. The number of piperazine rings is 1. The molecule has 2 fully saturated rings. The minimum absolute atomic E-state index is 0.142. The Kier molecular flexibility index (Phi) is 8.95. The van der Waals surface area contributed by atoms with Gasteiger partial charge in [-0.25, -0.2) is 0 Å². The molecule has 1 amide bonds. The van der Waals surface area contributed by atoms with Crippen LogP contribution < -0.4 is 10.2 Å². The lowest BCUT2D eigenvalue weighted by Gasteiger charge is -2.41. The van der Waals surface area contributed by atoms with Crippen LogP contribution in [0.3, 0.4) is 0 Å². The Morgan fingerprint density at radius 2 is 1.50 bits per heavy atom. The molecule has 42 heavy (non-hydrogen) atoms. The number of hydrogen-bond acceptors (Lipinski definition) is 6. The number of rotatable bonds is 7. The minimum atomic E-state index is -4.86. The molecule has 1 saturated heterocycles. The summed E-state index contributed by atoms with van der Waals surface area (Å²) in [5, 5.41) is 14.0. The van der Waals surface area contributed by atoms with Gasteiger partial charge in [-0.3, -0.25) is 14.9 Å². The van der Waals surface area contributed by atoms with Crippen LogP contribution in [-0.4, -0.2) is 59.7 Å². The van der Waals surface area contributed by atoms with Gasteiger partial charge in [-0.05, 0) is 75.9 Å². The predicted octanol–water partition coefficient (Wildman–Crippen LogP) is 6.50. The molecular weight excluding hydrogens is 570 g/mol. The molecule has 0 unspecified atom stereocenters. The second kappa shape index (κ2) is 12.0. The van der Waals surface area contributed by atoms with Gasteiger partial charge < -0.3 is 19.9 Å². The summed E-state index contributed by atoms with van der Waals surface area (Å²) in [6.45, 7) is 5.08. The van der Waals surface area contributed by atoms with Crippen LogP contribution in [0.15, 0.2) is 42.5 Å². The number of halogens is 6. The first-order valence-electron chi connectivity index (χ1n) is 13.6. The average Bonchev–Trinajstić information content (AvgIpc) is 2.92. The molecule has 0 aromatic heterocycles. The molecule has 0 bridgehead atoms. The maximum Gasteiger partial charge on any atom is 0.423 e. The third-order valence-electron chi connectivity index (χ3n) is 7.65. The average molecular weight is 603 g/mol. The number of amides is 1. The normalized spacial score (nSPS) is 20.4. The smallest absolute Gasteiger partial charge is 0.382 e. The van der Waals surface area contributed by atoms with E-state index >= 15 is 0 Å². The maximum absolute atomic E-state index is 13.3. The van der Waals surface area contributed by atoms with Crippen LogP contribution >= 0.6 is 0 Å². The van der Waals surface area contributed by atoms with E-state index in [2.05, 4.69) is 5.32 Å². The highest BCUT2D eigenvalue weighted by Gasteiger charge is 2.40. The van der Waals surface area contributed by atoms with Gasteiger partial charge in [-0.15, -0.1) is 0 Å². The van der Waals surface area contributed by atoms with E-state index in [4.69, 9.17) is 4.74 Å². The van der Waals surface area contributed by atoms with E-state index in [1.165, 1.54) is 18.2 Å². The molecular formula is C28H32F6N4O4. The fourth-order valence-corrected chi connectivity index (χ4v) is 5.45. The molecule has 230 valence electrons. The molecule has 2 aliphatic rings. The number of nitrogens with one attached hydrogen (secondary N) is 1. The van der Waals surface area contributed by atoms with Gasteiger partial charge in [0.1, 0.15) is 11.2 Å². The molecule has 0 spiro atoms. The molecule has 1 aliphatic heterocycles. The molecule has 1 saturated carbocycles. The lowest BCUT2D eigenvalue weighted by molar-refractivity contribution is -0.388. The molecule has 0 atom stereocenters. The number of hydrogen-bond donors (Lipinski definition) is 1. The van der Waals surface area contributed by atoms with Crippen LogP contribution in [0, 0.1) is 10.1 Å². The van der Waals surface area contributed by atoms with Gasteiger partial charge in [0.25, 0.3) is 11.6 Å². The molecule has 2 aromatic rings. The molecule has 1 N–H and O–H groups in total. The molecule has 8 nitrogen and oxygen atoms in total. The topological polar surface area (TPSA) is 87.9 Å². The lowest BCUT2D eigenvalue weighted by Crippen LogP contribution is -2.55. The number of nitro groups is 1. The Morgan fingerprint density at radius 1 is 0.905 bits per heavy atom. The van der Waals surface area contributed by atoms with Crippen LogP contribution in [0.4, 0.5) is 43.4 Å². The van der Waals surface area contributed by atoms with Gasteiger partial charge in [0, 0.05) is 49.7 Å². The van der Waals surface area contributed by atoms with Gasteiger partial charge in [-0.1, -0.05) is 0 Å². The van der Waals surface area contributed by atoms with Crippen LogP contribution in [0.2, 0.25) is 0 Å². The van der Waals surface area contributed by atoms with Crippen LogP contribution in [-0.2, 0) is 21.9 Å². The maximum atomic E-state index is 13.3. The highest BCUT2D eigenvalue weighted by Crippen LogP contribution is 2.38. The number of ether oxygens (including phenoxy) is 1. The first kappa shape index (κ1) is 31.4. The minimum Gasteiger partial charge on any atom is -0.382 e. The van der Waals surface area contributed by atoms with Crippen molar-refractivity contribution in [2.24, 2.45) is 0 Å². The Bertz CT molecular complexity index is 1270. The standard InChI is InChI=1S/C28H32F6N4O4/c1-26(2,25(39)37-15-13-36(14-16-37)21-8-3-18(4-9-21)27(29,30)31)42-22-10-5-19(6-11-22)35-20-7-12-24(38(40)41)23(17-20)28(32,33)34/h3-4,7-9,12,17,19,22,35H,5-6,10-11,13-16H2,1-2H3/t19-,22-. The van der Waals surface area contributed by atoms with E-state index in [-0.39, 0.29) is 23.7 Å². The Hall–Kier alpha value is -3.55. The fraction of sp³-hybridized carbons (Fsp3) is 0.536. The van der Waals surface area contributed by atoms with Crippen molar-refractivity contribution in [3.63, 3.8) is 0 Å². The van der Waals surface area contributed by atoms with Crippen molar-refractivity contribution in [1.82, 2.24) is 4.90 Å². The summed E-state index contributed by atoms with van der Waals surface area (Å²) >= 11 is 0. The van der Waals surface area contributed by atoms with E-state index in [1.807, 2.05) is 4.90 Å². The Labute approximate surface area is 238 Å². The summed E-state index contributed by atoms with van der Waals surface area (Å²) in [5.41, 5.74) is -3.36. The summed E-state index contributed by atoms with van der Waals surface area (Å²) in [6.07, 6.45) is -7.24. The molecule has 2 aromatic carbocycles. The van der Waals surface area contributed by atoms with Gasteiger partial charge in [0.05, 0.1) is 16.6 Å². The number of nitro benzene ring substituents is 1. The largest absolute Gasteiger partial charge is 0.423 e. The number of carbonyl (C=O) groups excluding carboxylic acids is 1. The zero-order chi connectivity index (χ0) is 30.9. The Morgan fingerprint density at radius 3 is 2.02 bits per heavy atom. The zero-order valence-corrected chi connectivity index (χ0v) is 23.1. The number of anilines is 2. The third kappa shape index (κ3) is 7.44. The number of alkyl halides is 6. The summed E-state index contributed by atoms with van der Waals surface area (Å²) < 4.78 is 84.6. The lowest BCUT2D eigenvalue weighted by atomic mass is 9.92. The van der Waals surface area contributed by atoms with Crippen molar-refractivity contribution in [2.75, 3.05) is 36.4 Å². The first-order valence-corrected chi connectivity index (χ1v) is 13.6. The number of nitrogens with zero attached hydrogens (tertiary/aromatic N) is 3. The SMILES string of the molecule is CC(C)(O[C@H]1CC[C@H](Nc2ccc([N+](=O)[O-])c(C(F)(F)F)c2)CC1)C(=O)N1CCN(c2ccc(C(F)(F)F)cc2)CC1. The summed E-state index contributed by atoms with van der Waals surface area (Å²) in [6, 6.07) is 7.63. The van der Waals surface area contributed by atoms with Crippen LogP contribution in [0.5, 0.6) is 0 Å². The van der Waals surface area contributed by atoms with E-state index in [9.17, 15) is 41.3 Å². The summed E-state index contributed by atoms with van der Waals surface area (Å²) in [4.78, 5) is 26.8. The quantitative estimate of drug-likeness (QED) is 0.221. The highest BCUT2D eigenvalue weighted by atomic mass is 19.4. The Balaban J connectivity index is 1.26. The molecule has 14 heteroatoms. The van der Waals surface area contributed by atoms with Gasteiger partial charge in [-0.2, -0.15) is 26.3 Å². The molecule has 0 radical (unpaired) electrons. The third-order valence-corrected chi connectivity index (χ3v) is 7.65. The molecule has 1 heterocycles. The van der Waals surface area contributed by atoms with Crippen molar-refractivity contribution in [3.8, 4) is 0 Å². The van der Waals surface area contributed by atoms with Crippen molar-refractivity contribution < 1.29 is 40.8 Å². The highest BCUT2D eigenvalue weighted by molar-refractivity contribution is 5.84. The van der Waals surface area contributed by atoms with Crippen molar-refractivity contribution in [2.45, 2.75) is 69.6 Å². The van der Waals surface area contributed by atoms with Gasteiger partial charge >= 0.3 is 12.4 Å². The van der Waals surface area contributed by atoms with E-state index in [0.717, 1.165) is 24.3 Å².